The molecule has 0 fully saturated rings. The van der Waals surface area contributed by atoms with Crippen molar-refractivity contribution in [1.82, 2.24) is 4.57 Å². The highest BCUT2D eigenvalue weighted by Gasteiger charge is 2.13. The van der Waals surface area contributed by atoms with Gasteiger partial charge < -0.3 is 9.47 Å². The van der Waals surface area contributed by atoms with E-state index in [-0.39, 0.29) is 5.69 Å². The zero-order valence-corrected chi connectivity index (χ0v) is 18.3. The number of nitriles is 1. The summed E-state index contributed by atoms with van der Waals surface area (Å²) in [7, 11) is 0. The van der Waals surface area contributed by atoms with Crippen molar-refractivity contribution >= 4 is 23.0 Å². The predicted molar refractivity (Wildman–Crippen MR) is 125 cm³/mol. The Morgan fingerprint density at radius 1 is 1.13 bits per heavy atom. The highest BCUT2D eigenvalue weighted by Crippen LogP contribution is 2.27. The second-order valence-corrected chi connectivity index (χ2v) is 7.33. The van der Waals surface area contributed by atoms with Gasteiger partial charge in [-0.2, -0.15) is 5.26 Å². The van der Waals surface area contributed by atoms with E-state index in [4.69, 9.17) is 0 Å². The number of rotatable bonds is 7. The highest BCUT2D eigenvalue weighted by molar-refractivity contribution is 5.90. The highest BCUT2D eigenvalue weighted by atomic mass is 16.6. The minimum atomic E-state index is -0.452. The molecule has 0 atom stereocenters. The maximum Gasteiger partial charge on any atom is 0.270 e. The van der Waals surface area contributed by atoms with Crippen LogP contribution in [0.2, 0.25) is 0 Å². The number of nitro benzene ring substituents is 1. The average Bonchev–Trinajstić information content (AvgIpc) is 3.06. The molecule has 0 aliphatic carbocycles. The second kappa shape index (κ2) is 9.31. The van der Waals surface area contributed by atoms with E-state index in [0.29, 0.717) is 11.1 Å². The molecule has 158 valence electrons. The molecule has 1 aromatic heterocycles. The maximum atomic E-state index is 11.1. The molecule has 0 spiro atoms. The van der Waals surface area contributed by atoms with Crippen molar-refractivity contribution in [2.24, 2.45) is 0 Å². The van der Waals surface area contributed by atoms with E-state index in [1.165, 1.54) is 17.8 Å². The first-order valence-corrected chi connectivity index (χ1v) is 10.3. The molecule has 0 aliphatic heterocycles. The minimum absolute atomic E-state index is 0.0302. The number of non-ortho nitro benzene ring substituents is 1. The molecule has 0 amide bonds. The molecular weight excluding hydrogens is 388 g/mol. The summed E-state index contributed by atoms with van der Waals surface area (Å²) in [6.45, 7) is 10.2. The van der Waals surface area contributed by atoms with Crippen molar-refractivity contribution in [1.29, 1.82) is 5.26 Å². The van der Waals surface area contributed by atoms with Crippen LogP contribution >= 0.6 is 0 Å². The van der Waals surface area contributed by atoms with E-state index in [1.807, 2.05) is 19.9 Å². The minimum Gasteiger partial charge on any atom is -0.372 e. The van der Waals surface area contributed by atoms with E-state index >= 15 is 0 Å². The number of hydrogen-bond donors (Lipinski definition) is 0. The molecule has 31 heavy (non-hydrogen) atoms. The molecule has 1 heterocycles. The zero-order chi connectivity index (χ0) is 22.5. The number of anilines is 1. The van der Waals surface area contributed by atoms with E-state index < -0.39 is 4.92 Å². The van der Waals surface area contributed by atoms with Gasteiger partial charge in [-0.25, -0.2) is 0 Å². The van der Waals surface area contributed by atoms with Crippen LogP contribution in [0, 0.1) is 35.3 Å². The lowest BCUT2D eigenvalue weighted by Gasteiger charge is -2.21. The van der Waals surface area contributed by atoms with Gasteiger partial charge in [-0.05, 0) is 75.2 Å². The molecule has 0 bridgehead atoms. The summed E-state index contributed by atoms with van der Waals surface area (Å²) >= 11 is 0. The van der Waals surface area contributed by atoms with E-state index in [0.717, 1.165) is 35.7 Å². The van der Waals surface area contributed by atoms with Crippen LogP contribution < -0.4 is 4.90 Å². The summed E-state index contributed by atoms with van der Waals surface area (Å²) < 4.78 is 2.15. The maximum absolute atomic E-state index is 11.1. The van der Waals surface area contributed by atoms with Gasteiger partial charge in [0.2, 0.25) is 0 Å². The first-order valence-electron chi connectivity index (χ1n) is 10.3. The molecule has 6 nitrogen and oxygen atoms in total. The van der Waals surface area contributed by atoms with Crippen LogP contribution in [0.4, 0.5) is 11.4 Å². The van der Waals surface area contributed by atoms with Crippen molar-refractivity contribution in [3.8, 4) is 11.8 Å². The summed E-state index contributed by atoms with van der Waals surface area (Å²) in [6, 6.07) is 18.8. The van der Waals surface area contributed by atoms with Crippen molar-refractivity contribution in [2.75, 3.05) is 18.0 Å². The van der Waals surface area contributed by atoms with Gasteiger partial charge >= 0.3 is 0 Å². The van der Waals surface area contributed by atoms with E-state index in [2.05, 4.69) is 53.6 Å². The SMILES string of the molecule is CCN(CC)c1ccc(-n2c(C)cc(C=C(C#N)c3cccc([N+](=O)[O-])c3)c2C)cc1. The van der Waals surface area contributed by atoms with Crippen molar-refractivity contribution in [3.05, 3.63) is 87.2 Å². The monoisotopic (exact) mass is 414 g/mol. The Balaban J connectivity index is 2.00. The van der Waals surface area contributed by atoms with Crippen LogP contribution in [0.25, 0.3) is 17.3 Å². The largest absolute Gasteiger partial charge is 0.372 e. The summed E-state index contributed by atoms with van der Waals surface area (Å²) in [5.41, 5.74) is 6.10. The van der Waals surface area contributed by atoms with Gasteiger partial charge in [0.25, 0.3) is 5.69 Å². The fraction of sp³-hybridized carbons (Fsp3) is 0.240. The number of hydrogen-bond acceptors (Lipinski definition) is 4. The number of aromatic nitrogens is 1. The molecule has 6 heteroatoms. The number of nitrogens with zero attached hydrogens (tertiary/aromatic N) is 4. The van der Waals surface area contributed by atoms with Crippen molar-refractivity contribution < 1.29 is 4.92 Å². The van der Waals surface area contributed by atoms with Crippen LogP contribution in [-0.4, -0.2) is 22.6 Å². The Hall–Kier alpha value is -3.85. The Bertz CT molecular complexity index is 1160. The lowest BCUT2D eigenvalue weighted by Crippen LogP contribution is -2.21. The summed E-state index contributed by atoms with van der Waals surface area (Å²) in [5.74, 6) is 0. The smallest absolute Gasteiger partial charge is 0.270 e. The van der Waals surface area contributed by atoms with Gasteiger partial charge in [0.05, 0.1) is 16.6 Å². The first kappa shape index (κ1) is 21.8. The molecule has 0 unspecified atom stereocenters. The molecule has 2 aromatic carbocycles. The Kier molecular flexibility index (Phi) is 6.56. The number of benzene rings is 2. The van der Waals surface area contributed by atoms with E-state index in [9.17, 15) is 15.4 Å². The standard InChI is InChI=1S/C25H26N4O2/c1-5-27(6-2)23-10-12-24(13-11-23)28-18(3)14-21(19(28)4)15-22(17-26)20-8-7-9-25(16-20)29(30)31/h7-16H,5-6H2,1-4H3. The Morgan fingerprint density at radius 3 is 2.39 bits per heavy atom. The van der Waals surface area contributed by atoms with Crippen molar-refractivity contribution in [3.63, 3.8) is 0 Å². The third-order valence-corrected chi connectivity index (χ3v) is 5.50. The van der Waals surface area contributed by atoms with Crippen LogP contribution in [0.15, 0.2) is 54.6 Å². The number of aryl methyl sites for hydroxylation is 1. The van der Waals surface area contributed by atoms with Gasteiger partial charge in [0.1, 0.15) is 0 Å². The predicted octanol–water partition coefficient (Wildman–Crippen LogP) is 5.91. The van der Waals surface area contributed by atoms with Crippen LogP contribution in [-0.2, 0) is 0 Å². The molecular formula is C25H26N4O2. The molecule has 3 rings (SSSR count). The van der Waals surface area contributed by atoms with Gasteiger partial charge in [-0.3, -0.25) is 10.1 Å². The summed E-state index contributed by atoms with van der Waals surface area (Å²) in [4.78, 5) is 12.9. The fourth-order valence-corrected chi connectivity index (χ4v) is 3.86. The molecule has 0 saturated carbocycles. The molecule has 3 aromatic rings. The third kappa shape index (κ3) is 4.51. The van der Waals surface area contributed by atoms with E-state index in [1.54, 1.807) is 18.2 Å². The second-order valence-electron chi connectivity index (χ2n) is 7.33. The Morgan fingerprint density at radius 2 is 1.81 bits per heavy atom. The lowest BCUT2D eigenvalue weighted by molar-refractivity contribution is -0.384. The Labute approximate surface area is 182 Å². The quantitative estimate of drug-likeness (QED) is 0.273. The first-order chi connectivity index (χ1) is 14.9. The van der Waals surface area contributed by atoms with Crippen LogP contribution in [0.5, 0.6) is 0 Å². The van der Waals surface area contributed by atoms with Gasteiger partial charge in [-0.1, -0.05) is 12.1 Å². The van der Waals surface area contributed by atoms with Crippen LogP contribution in [0.3, 0.4) is 0 Å². The van der Waals surface area contributed by atoms with Gasteiger partial charge in [0.15, 0.2) is 0 Å². The average molecular weight is 415 g/mol. The van der Waals surface area contributed by atoms with Crippen LogP contribution in [0.1, 0.15) is 36.4 Å². The summed E-state index contributed by atoms with van der Waals surface area (Å²) in [5, 5.41) is 20.8. The number of nitro groups is 1. The van der Waals surface area contributed by atoms with Gasteiger partial charge in [-0.15, -0.1) is 0 Å². The summed E-state index contributed by atoms with van der Waals surface area (Å²) in [6.07, 6.45) is 1.79. The lowest BCUT2D eigenvalue weighted by atomic mass is 10.0. The normalized spacial score (nSPS) is 11.3. The van der Waals surface area contributed by atoms with Gasteiger partial charge in [0, 0.05) is 48.0 Å². The molecule has 0 radical (unpaired) electrons. The number of allylic oxidation sites excluding steroid dienone is 1. The molecule has 0 aliphatic rings. The topological polar surface area (TPSA) is 75.1 Å². The zero-order valence-electron chi connectivity index (χ0n) is 18.3. The van der Waals surface area contributed by atoms with Crippen molar-refractivity contribution in [2.45, 2.75) is 27.7 Å². The third-order valence-electron chi connectivity index (χ3n) is 5.50. The molecule has 0 saturated heterocycles. The fourth-order valence-electron chi connectivity index (χ4n) is 3.86. The molecule has 0 N–H and O–H groups in total.